The van der Waals surface area contributed by atoms with Gasteiger partial charge in [-0.05, 0) is 23.6 Å². The van der Waals surface area contributed by atoms with Gasteiger partial charge in [0.25, 0.3) is 5.56 Å². The van der Waals surface area contributed by atoms with Gasteiger partial charge in [0.1, 0.15) is 22.7 Å². The lowest BCUT2D eigenvalue weighted by molar-refractivity contribution is 0.627. The number of halogens is 2. The van der Waals surface area contributed by atoms with Crippen molar-refractivity contribution >= 4 is 22.6 Å². The van der Waals surface area contributed by atoms with Crippen molar-refractivity contribution in [2.75, 3.05) is 0 Å². The zero-order chi connectivity index (χ0) is 15.9. The molecular weight excluding hydrogens is 307 g/mol. The number of hydrogen-bond donors (Lipinski definition) is 2. The van der Waals surface area contributed by atoms with Gasteiger partial charge in [-0.2, -0.15) is 5.10 Å². The van der Waals surface area contributed by atoms with Crippen LogP contribution in [0.1, 0.15) is 36.8 Å². The van der Waals surface area contributed by atoms with Crippen LogP contribution < -0.4 is 5.56 Å². The van der Waals surface area contributed by atoms with Crippen LogP contribution in [0.5, 0.6) is 0 Å². The second kappa shape index (κ2) is 5.53. The molecule has 0 amide bonds. The second-order valence-corrected chi connectivity index (χ2v) is 5.82. The predicted molar refractivity (Wildman–Crippen MR) is 82.8 cm³/mol. The van der Waals surface area contributed by atoms with E-state index in [9.17, 15) is 9.18 Å². The normalized spacial score (nSPS) is 11.5. The van der Waals surface area contributed by atoms with Crippen molar-refractivity contribution in [1.82, 2.24) is 20.2 Å². The highest BCUT2D eigenvalue weighted by atomic mass is 35.5. The molecule has 0 radical (unpaired) electrons. The van der Waals surface area contributed by atoms with Gasteiger partial charge in [0.05, 0.1) is 5.69 Å². The lowest BCUT2D eigenvalue weighted by atomic mass is 10.1. The number of nitrogens with one attached hydrogen (secondary N) is 2. The number of aromatic amines is 2. The first-order valence-corrected chi connectivity index (χ1v) is 7.24. The third-order valence-electron chi connectivity index (χ3n) is 3.42. The van der Waals surface area contributed by atoms with Gasteiger partial charge in [0.2, 0.25) is 0 Å². The summed E-state index contributed by atoms with van der Waals surface area (Å²) in [4.78, 5) is 19.3. The molecule has 22 heavy (non-hydrogen) atoms. The van der Waals surface area contributed by atoms with Crippen molar-refractivity contribution in [3.05, 3.63) is 56.5 Å². The van der Waals surface area contributed by atoms with E-state index < -0.39 is 5.82 Å². The van der Waals surface area contributed by atoms with Crippen molar-refractivity contribution in [1.29, 1.82) is 0 Å². The van der Waals surface area contributed by atoms with E-state index in [1.807, 2.05) is 13.8 Å². The van der Waals surface area contributed by atoms with Crippen LogP contribution in [-0.4, -0.2) is 20.2 Å². The fraction of sp³-hybridized carbons (Fsp3) is 0.267. The van der Waals surface area contributed by atoms with Crippen molar-refractivity contribution < 1.29 is 4.39 Å². The Hall–Kier alpha value is -2.21. The van der Waals surface area contributed by atoms with E-state index in [1.165, 1.54) is 12.1 Å². The molecule has 7 heteroatoms. The Morgan fingerprint density at radius 3 is 2.82 bits per heavy atom. The van der Waals surface area contributed by atoms with Crippen LogP contribution in [0, 0.1) is 5.82 Å². The summed E-state index contributed by atoms with van der Waals surface area (Å²) in [7, 11) is 0. The molecule has 0 spiro atoms. The first-order valence-electron chi connectivity index (χ1n) is 6.87. The van der Waals surface area contributed by atoms with E-state index in [-0.39, 0.29) is 11.5 Å². The molecule has 0 fully saturated rings. The Balaban J connectivity index is 2.07. The molecule has 0 aliphatic carbocycles. The summed E-state index contributed by atoms with van der Waals surface area (Å²) >= 11 is 6.02. The van der Waals surface area contributed by atoms with E-state index in [0.717, 1.165) is 5.69 Å². The third-order valence-corrected chi connectivity index (χ3v) is 3.77. The van der Waals surface area contributed by atoms with Crippen LogP contribution in [0.15, 0.2) is 23.0 Å². The molecule has 5 nitrogen and oxygen atoms in total. The van der Waals surface area contributed by atoms with Crippen LogP contribution >= 0.6 is 11.6 Å². The molecule has 0 saturated heterocycles. The van der Waals surface area contributed by atoms with Gasteiger partial charge in [-0.1, -0.05) is 31.5 Å². The van der Waals surface area contributed by atoms with Gasteiger partial charge >= 0.3 is 0 Å². The number of H-pyrrole nitrogens is 2. The van der Waals surface area contributed by atoms with Crippen LogP contribution in [0.4, 0.5) is 4.39 Å². The van der Waals surface area contributed by atoms with Gasteiger partial charge < -0.3 is 4.98 Å². The fourth-order valence-corrected chi connectivity index (χ4v) is 2.54. The molecule has 2 N–H and O–H groups in total. The summed E-state index contributed by atoms with van der Waals surface area (Å²) < 4.78 is 13.1. The molecule has 2 aromatic heterocycles. The standard InChI is InChI=1S/C15H14ClFN4O/c1-7(2)12-13-14(21-20-12)15(22)19-11(18-13)5-8-3-4-9(17)6-10(8)16/h3-4,6-7H,5H2,1-2H3,(H,20,21)(H,18,19,22). The highest BCUT2D eigenvalue weighted by Crippen LogP contribution is 2.21. The second-order valence-electron chi connectivity index (χ2n) is 5.41. The minimum absolute atomic E-state index is 0.144. The highest BCUT2D eigenvalue weighted by Gasteiger charge is 2.15. The molecule has 0 saturated carbocycles. The molecule has 3 rings (SSSR count). The van der Waals surface area contributed by atoms with Crippen molar-refractivity contribution in [2.24, 2.45) is 0 Å². The molecule has 0 aliphatic rings. The Kier molecular flexibility index (Phi) is 3.70. The van der Waals surface area contributed by atoms with E-state index in [0.29, 0.717) is 33.9 Å². The monoisotopic (exact) mass is 320 g/mol. The van der Waals surface area contributed by atoms with Gasteiger partial charge in [0.15, 0.2) is 0 Å². The summed E-state index contributed by atoms with van der Waals surface area (Å²) in [5.74, 6) is 0.210. The zero-order valence-electron chi connectivity index (χ0n) is 12.1. The van der Waals surface area contributed by atoms with Gasteiger partial charge in [0, 0.05) is 11.4 Å². The number of hydrogen-bond acceptors (Lipinski definition) is 3. The average molecular weight is 321 g/mol. The maximum Gasteiger partial charge on any atom is 0.276 e. The SMILES string of the molecule is CC(C)c1n[nH]c2c(=O)[nH]c(Cc3ccc(F)cc3Cl)nc12. The number of aromatic nitrogens is 4. The topological polar surface area (TPSA) is 74.4 Å². The van der Waals surface area contributed by atoms with Crippen LogP contribution in [-0.2, 0) is 6.42 Å². The minimum atomic E-state index is -0.400. The molecule has 0 atom stereocenters. The maximum atomic E-state index is 13.1. The van der Waals surface area contributed by atoms with Gasteiger partial charge in [-0.3, -0.25) is 9.89 Å². The third kappa shape index (κ3) is 2.62. The molecular formula is C15H14ClFN4O. The summed E-state index contributed by atoms with van der Waals surface area (Å²) in [5.41, 5.74) is 2.08. The Bertz CT molecular complexity index is 900. The number of benzene rings is 1. The number of nitrogens with zero attached hydrogens (tertiary/aromatic N) is 2. The smallest absolute Gasteiger partial charge is 0.276 e. The van der Waals surface area contributed by atoms with Crippen LogP contribution in [0.25, 0.3) is 11.0 Å². The molecule has 1 aromatic carbocycles. The highest BCUT2D eigenvalue weighted by molar-refractivity contribution is 6.31. The first kappa shape index (κ1) is 14.7. The fourth-order valence-electron chi connectivity index (χ4n) is 2.31. The maximum absolute atomic E-state index is 13.1. The minimum Gasteiger partial charge on any atom is -0.308 e. The first-order chi connectivity index (χ1) is 10.5. The molecule has 0 unspecified atom stereocenters. The van der Waals surface area contributed by atoms with E-state index >= 15 is 0 Å². The lowest BCUT2D eigenvalue weighted by Crippen LogP contribution is -2.12. The largest absolute Gasteiger partial charge is 0.308 e. The quantitative estimate of drug-likeness (QED) is 0.778. The Morgan fingerprint density at radius 1 is 1.36 bits per heavy atom. The van der Waals surface area contributed by atoms with E-state index in [4.69, 9.17) is 11.6 Å². The van der Waals surface area contributed by atoms with Crippen molar-refractivity contribution in [3.8, 4) is 0 Å². The predicted octanol–water partition coefficient (Wildman–Crippen LogP) is 3.15. The molecule has 0 bridgehead atoms. The van der Waals surface area contributed by atoms with Crippen molar-refractivity contribution in [3.63, 3.8) is 0 Å². The molecule has 3 aromatic rings. The van der Waals surface area contributed by atoms with Crippen molar-refractivity contribution in [2.45, 2.75) is 26.2 Å². The average Bonchev–Trinajstić information content (AvgIpc) is 2.86. The summed E-state index contributed by atoms with van der Waals surface area (Å²) in [6.45, 7) is 3.96. The summed E-state index contributed by atoms with van der Waals surface area (Å²) in [5, 5.41) is 7.17. The van der Waals surface area contributed by atoms with Crippen LogP contribution in [0.2, 0.25) is 5.02 Å². The molecule has 2 heterocycles. The number of rotatable bonds is 3. The molecule has 114 valence electrons. The molecule has 0 aliphatic heterocycles. The zero-order valence-corrected chi connectivity index (χ0v) is 12.8. The summed E-state index contributed by atoms with van der Waals surface area (Å²) in [6, 6.07) is 4.15. The van der Waals surface area contributed by atoms with Gasteiger partial charge in [-0.15, -0.1) is 0 Å². The Labute approximate surface area is 130 Å². The van der Waals surface area contributed by atoms with E-state index in [1.54, 1.807) is 6.07 Å². The lowest BCUT2D eigenvalue weighted by Gasteiger charge is -2.05. The summed E-state index contributed by atoms with van der Waals surface area (Å²) in [6.07, 6.45) is 0.313. The van der Waals surface area contributed by atoms with E-state index in [2.05, 4.69) is 20.2 Å². The van der Waals surface area contributed by atoms with Crippen LogP contribution in [0.3, 0.4) is 0 Å². The Morgan fingerprint density at radius 2 is 2.14 bits per heavy atom. The number of fused-ring (bicyclic) bond motifs is 1. The van der Waals surface area contributed by atoms with Gasteiger partial charge in [-0.25, -0.2) is 9.37 Å².